The minimum absolute atomic E-state index is 0.260. The van der Waals surface area contributed by atoms with Crippen LogP contribution in [0.2, 0.25) is 0 Å². The first-order valence-corrected chi connectivity index (χ1v) is 6.67. The van der Waals surface area contributed by atoms with Gasteiger partial charge >= 0.3 is 0 Å². The first kappa shape index (κ1) is 11.1. The molecule has 1 aliphatic heterocycles. The maximum Gasteiger partial charge on any atom is 0.185 e. The highest BCUT2D eigenvalue weighted by molar-refractivity contribution is 5.30. The summed E-state index contributed by atoms with van der Waals surface area (Å²) in [4.78, 5) is 4.45. The molecule has 0 N–H and O–H groups in total. The molecule has 4 rings (SSSR count). The molecule has 5 nitrogen and oxygen atoms in total. The van der Waals surface area contributed by atoms with Gasteiger partial charge in [0.05, 0.1) is 18.9 Å². The van der Waals surface area contributed by atoms with Gasteiger partial charge in [0.2, 0.25) is 0 Å². The van der Waals surface area contributed by atoms with Gasteiger partial charge in [-0.2, -0.15) is 5.10 Å². The molecule has 2 aromatic rings. The number of fused-ring (bicyclic) bond motifs is 1. The van der Waals surface area contributed by atoms with E-state index in [1.807, 2.05) is 16.8 Å². The normalized spacial score (nSPS) is 18.9. The summed E-state index contributed by atoms with van der Waals surface area (Å²) < 4.78 is 12.8. The maximum absolute atomic E-state index is 5.45. The smallest absolute Gasteiger partial charge is 0.185 e. The van der Waals surface area contributed by atoms with Crippen molar-refractivity contribution in [2.45, 2.75) is 25.6 Å². The number of hydrogen-bond acceptors (Lipinski definition) is 4. The Bertz CT molecular complexity index is 564. The Labute approximate surface area is 111 Å². The van der Waals surface area contributed by atoms with Crippen molar-refractivity contribution >= 4 is 0 Å². The summed E-state index contributed by atoms with van der Waals surface area (Å²) in [7, 11) is 0. The number of rotatable bonds is 2. The van der Waals surface area contributed by atoms with E-state index in [4.69, 9.17) is 9.47 Å². The molecule has 0 radical (unpaired) electrons. The van der Waals surface area contributed by atoms with Crippen molar-refractivity contribution in [3.63, 3.8) is 0 Å². The molecule has 1 saturated heterocycles. The number of aromatic nitrogens is 3. The zero-order chi connectivity index (χ0) is 12.7. The second-order valence-corrected chi connectivity index (χ2v) is 4.92. The minimum atomic E-state index is -0.260. The molecular formula is C14H15N3O2. The largest absolute Gasteiger partial charge is 0.346 e. The number of pyridine rings is 1. The zero-order valence-electron chi connectivity index (χ0n) is 10.6. The molecule has 1 fully saturated rings. The van der Waals surface area contributed by atoms with Crippen LogP contribution >= 0.6 is 0 Å². The van der Waals surface area contributed by atoms with E-state index in [-0.39, 0.29) is 6.29 Å². The number of hydrogen-bond donors (Lipinski definition) is 0. The van der Waals surface area contributed by atoms with Crippen LogP contribution in [0.4, 0.5) is 0 Å². The molecule has 1 aliphatic carbocycles. The average molecular weight is 257 g/mol. The molecule has 19 heavy (non-hydrogen) atoms. The lowest BCUT2D eigenvalue weighted by atomic mass is 10.2. The fourth-order valence-corrected chi connectivity index (χ4v) is 2.65. The third-order valence-electron chi connectivity index (χ3n) is 3.64. The molecule has 0 spiro atoms. The second kappa shape index (κ2) is 4.43. The van der Waals surface area contributed by atoms with E-state index in [9.17, 15) is 0 Å². The molecule has 0 saturated carbocycles. The van der Waals surface area contributed by atoms with Crippen LogP contribution in [0, 0.1) is 0 Å². The van der Waals surface area contributed by atoms with Gasteiger partial charge in [-0.05, 0) is 37.0 Å². The van der Waals surface area contributed by atoms with Crippen molar-refractivity contribution < 1.29 is 9.47 Å². The number of nitrogens with zero attached hydrogens (tertiary/aromatic N) is 3. The summed E-state index contributed by atoms with van der Waals surface area (Å²) in [6, 6.07) is 3.95. The van der Waals surface area contributed by atoms with Crippen LogP contribution in [0.25, 0.3) is 5.82 Å². The van der Waals surface area contributed by atoms with Crippen molar-refractivity contribution in [3.05, 3.63) is 41.3 Å². The summed E-state index contributed by atoms with van der Waals surface area (Å²) >= 11 is 0. The average Bonchev–Trinajstić information content (AvgIpc) is 3.15. The molecule has 0 aromatic carbocycles. The highest BCUT2D eigenvalue weighted by Crippen LogP contribution is 2.24. The van der Waals surface area contributed by atoms with Crippen molar-refractivity contribution in [1.82, 2.24) is 14.8 Å². The van der Waals surface area contributed by atoms with Crippen LogP contribution in [0.1, 0.15) is 29.5 Å². The van der Waals surface area contributed by atoms with Crippen LogP contribution in [-0.2, 0) is 22.3 Å². The van der Waals surface area contributed by atoms with Crippen LogP contribution in [0.5, 0.6) is 0 Å². The van der Waals surface area contributed by atoms with E-state index in [0.29, 0.717) is 13.2 Å². The first-order valence-electron chi connectivity index (χ1n) is 6.67. The Kier molecular flexibility index (Phi) is 2.60. The van der Waals surface area contributed by atoms with Gasteiger partial charge in [0.25, 0.3) is 0 Å². The lowest BCUT2D eigenvalue weighted by Crippen LogP contribution is -2.03. The van der Waals surface area contributed by atoms with Crippen molar-refractivity contribution in [2.24, 2.45) is 0 Å². The Balaban J connectivity index is 1.60. The summed E-state index contributed by atoms with van der Waals surface area (Å²) in [6.07, 6.45) is 7.08. The maximum atomic E-state index is 5.45. The third-order valence-corrected chi connectivity index (χ3v) is 3.64. The van der Waals surface area contributed by atoms with E-state index in [0.717, 1.165) is 24.2 Å². The second-order valence-electron chi connectivity index (χ2n) is 4.92. The SMILES string of the molecule is c1cc(-n2cc3c(n2)CCC3)ncc1C1OCCO1. The molecule has 3 heterocycles. The van der Waals surface area contributed by atoms with Crippen LogP contribution in [0.3, 0.4) is 0 Å². The van der Waals surface area contributed by atoms with Gasteiger partial charge in [0.1, 0.15) is 0 Å². The molecule has 0 atom stereocenters. The van der Waals surface area contributed by atoms with Crippen molar-refractivity contribution in [1.29, 1.82) is 0 Å². The Hall–Kier alpha value is -1.72. The minimum Gasteiger partial charge on any atom is -0.346 e. The summed E-state index contributed by atoms with van der Waals surface area (Å²) in [5.41, 5.74) is 3.53. The van der Waals surface area contributed by atoms with Crippen LogP contribution in [-0.4, -0.2) is 28.0 Å². The van der Waals surface area contributed by atoms with E-state index in [1.54, 1.807) is 6.20 Å². The summed E-state index contributed by atoms with van der Waals surface area (Å²) in [6.45, 7) is 1.30. The molecule has 98 valence electrons. The van der Waals surface area contributed by atoms with E-state index in [2.05, 4.69) is 16.3 Å². The molecule has 2 aliphatic rings. The molecular weight excluding hydrogens is 242 g/mol. The lowest BCUT2D eigenvalue weighted by molar-refractivity contribution is -0.0443. The molecule has 0 unspecified atom stereocenters. The Morgan fingerprint density at radius 1 is 1.16 bits per heavy atom. The van der Waals surface area contributed by atoms with E-state index < -0.39 is 0 Å². The molecule has 2 aromatic heterocycles. The predicted octanol–water partition coefficient (Wildman–Crippen LogP) is 1.80. The molecule has 0 bridgehead atoms. The van der Waals surface area contributed by atoms with Gasteiger partial charge in [0.15, 0.2) is 12.1 Å². The van der Waals surface area contributed by atoms with Gasteiger partial charge in [-0.15, -0.1) is 0 Å². The molecule has 5 heteroatoms. The summed E-state index contributed by atoms with van der Waals surface area (Å²) in [5.74, 6) is 0.844. The van der Waals surface area contributed by atoms with Crippen molar-refractivity contribution in [3.8, 4) is 5.82 Å². The number of aryl methyl sites for hydroxylation is 2. The molecule has 0 amide bonds. The Morgan fingerprint density at radius 3 is 2.79 bits per heavy atom. The quantitative estimate of drug-likeness (QED) is 0.823. The highest BCUT2D eigenvalue weighted by atomic mass is 16.7. The summed E-state index contributed by atoms with van der Waals surface area (Å²) in [5, 5.41) is 4.58. The van der Waals surface area contributed by atoms with Gasteiger partial charge < -0.3 is 9.47 Å². The third kappa shape index (κ3) is 1.95. The monoisotopic (exact) mass is 257 g/mol. The zero-order valence-corrected chi connectivity index (χ0v) is 10.6. The van der Waals surface area contributed by atoms with Crippen LogP contribution < -0.4 is 0 Å². The van der Waals surface area contributed by atoms with Gasteiger partial charge in [-0.3, -0.25) is 0 Å². The van der Waals surface area contributed by atoms with E-state index in [1.165, 1.54) is 17.7 Å². The predicted molar refractivity (Wildman–Crippen MR) is 68.0 cm³/mol. The van der Waals surface area contributed by atoms with Crippen molar-refractivity contribution in [2.75, 3.05) is 13.2 Å². The van der Waals surface area contributed by atoms with Crippen LogP contribution in [0.15, 0.2) is 24.5 Å². The van der Waals surface area contributed by atoms with Gasteiger partial charge in [0, 0.05) is 18.0 Å². The van der Waals surface area contributed by atoms with Gasteiger partial charge in [-0.1, -0.05) is 0 Å². The Morgan fingerprint density at radius 2 is 2.05 bits per heavy atom. The van der Waals surface area contributed by atoms with Gasteiger partial charge in [-0.25, -0.2) is 9.67 Å². The number of ether oxygens (including phenoxy) is 2. The highest BCUT2D eigenvalue weighted by Gasteiger charge is 2.19. The van der Waals surface area contributed by atoms with E-state index >= 15 is 0 Å². The first-order chi connectivity index (χ1) is 9.40. The lowest BCUT2D eigenvalue weighted by Gasteiger charge is -2.09. The fourth-order valence-electron chi connectivity index (χ4n) is 2.65. The fraction of sp³-hybridized carbons (Fsp3) is 0.429. The topological polar surface area (TPSA) is 49.2 Å². The standard InChI is InChI=1S/C14H15N3O2/c1-2-11-9-17(16-12(11)3-1)13-5-4-10(8-15-13)14-18-6-7-19-14/h4-5,8-9,14H,1-3,6-7H2.